The first kappa shape index (κ1) is 29.9. The van der Waals surface area contributed by atoms with Gasteiger partial charge in [-0.15, -0.1) is 0 Å². The molecule has 1 aromatic rings. The van der Waals surface area contributed by atoms with Crippen LogP contribution in [0.4, 0.5) is 0 Å². The van der Waals surface area contributed by atoms with Crippen LogP contribution in [-0.2, 0) is 30.4 Å². The number of carbonyl (C=O) groups is 5. The molecule has 0 aliphatic heterocycles. The third-order valence-electron chi connectivity index (χ3n) is 5.13. The van der Waals surface area contributed by atoms with Gasteiger partial charge in [0, 0.05) is 6.42 Å². The van der Waals surface area contributed by atoms with Gasteiger partial charge in [-0.05, 0) is 29.9 Å². The number of benzene rings is 1. The molecule has 0 fully saturated rings. The van der Waals surface area contributed by atoms with E-state index in [0.29, 0.717) is 17.7 Å². The molecule has 0 unspecified atom stereocenters. The first-order chi connectivity index (χ1) is 16.5. The Morgan fingerprint density at radius 1 is 0.914 bits per heavy atom. The Bertz CT molecular complexity index is 882. The summed E-state index contributed by atoms with van der Waals surface area (Å²) in [4.78, 5) is 61.1. The van der Waals surface area contributed by atoms with E-state index in [-0.39, 0.29) is 6.42 Å². The summed E-state index contributed by atoms with van der Waals surface area (Å²) >= 11 is 1.49. The molecule has 0 saturated heterocycles. The van der Waals surface area contributed by atoms with E-state index < -0.39 is 66.2 Å². The molecule has 0 spiro atoms. The van der Waals surface area contributed by atoms with Gasteiger partial charge in [0.25, 0.3) is 0 Å². The molecule has 4 atom stereocenters. The molecule has 0 radical (unpaired) electrons. The van der Waals surface area contributed by atoms with Crippen molar-refractivity contribution in [3.8, 4) is 0 Å². The van der Waals surface area contributed by atoms with Crippen LogP contribution in [0.1, 0.15) is 32.3 Å². The first-order valence-corrected chi connectivity index (χ1v) is 12.5. The van der Waals surface area contributed by atoms with E-state index in [4.69, 9.17) is 5.73 Å². The Kier molecular flexibility index (Phi) is 12.8. The molecule has 194 valence electrons. The molecule has 0 saturated carbocycles. The monoisotopic (exact) mass is 510 g/mol. The van der Waals surface area contributed by atoms with Crippen LogP contribution in [0.5, 0.6) is 0 Å². The molecule has 0 aliphatic rings. The number of thioether (sulfide) groups is 1. The van der Waals surface area contributed by atoms with E-state index in [1.807, 2.05) is 6.26 Å². The van der Waals surface area contributed by atoms with Gasteiger partial charge in [-0.1, -0.05) is 44.2 Å². The SMILES string of the molecule is CSCC[C@H](N)C(=O)N[C@@H](CC(=O)O)C(=O)N[C@H](C(=O)N[C@@H](Cc1ccccc1)C(=O)O)C(C)C. The Labute approximate surface area is 208 Å². The fourth-order valence-electron chi connectivity index (χ4n) is 3.14. The Balaban J connectivity index is 2.94. The first-order valence-electron chi connectivity index (χ1n) is 11.1. The molecule has 11 nitrogen and oxygen atoms in total. The van der Waals surface area contributed by atoms with Crippen LogP contribution in [-0.4, -0.2) is 76.0 Å². The number of carboxylic acid groups (broad SMARTS) is 2. The van der Waals surface area contributed by atoms with E-state index in [2.05, 4.69) is 16.0 Å². The van der Waals surface area contributed by atoms with Gasteiger partial charge in [-0.25, -0.2) is 4.79 Å². The number of carbonyl (C=O) groups excluding carboxylic acids is 3. The van der Waals surface area contributed by atoms with E-state index in [1.54, 1.807) is 44.2 Å². The van der Waals surface area contributed by atoms with E-state index in [0.717, 1.165) is 0 Å². The van der Waals surface area contributed by atoms with Crippen molar-refractivity contribution in [1.82, 2.24) is 16.0 Å². The largest absolute Gasteiger partial charge is 0.481 e. The Morgan fingerprint density at radius 2 is 1.51 bits per heavy atom. The van der Waals surface area contributed by atoms with Gasteiger partial charge in [0.2, 0.25) is 17.7 Å². The third-order valence-corrected chi connectivity index (χ3v) is 5.77. The molecule has 0 heterocycles. The second-order valence-corrected chi connectivity index (χ2v) is 9.35. The van der Waals surface area contributed by atoms with Gasteiger partial charge in [-0.2, -0.15) is 11.8 Å². The van der Waals surface area contributed by atoms with Gasteiger partial charge in [-0.3, -0.25) is 19.2 Å². The highest BCUT2D eigenvalue weighted by Gasteiger charge is 2.32. The topological polar surface area (TPSA) is 188 Å². The second kappa shape index (κ2) is 15.0. The number of hydrogen-bond acceptors (Lipinski definition) is 7. The fourth-order valence-corrected chi connectivity index (χ4v) is 3.63. The lowest BCUT2D eigenvalue weighted by Gasteiger charge is -2.26. The highest BCUT2D eigenvalue weighted by Crippen LogP contribution is 2.08. The molecule has 0 aliphatic carbocycles. The fraction of sp³-hybridized carbons (Fsp3) is 0.522. The third kappa shape index (κ3) is 10.8. The summed E-state index contributed by atoms with van der Waals surface area (Å²) in [5.41, 5.74) is 6.50. The summed E-state index contributed by atoms with van der Waals surface area (Å²) in [6.07, 6.45) is 1.50. The maximum absolute atomic E-state index is 12.9. The average Bonchev–Trinajstić information content (AvgIpc) is 2.79. The Morgan fingerprint density at radius 3 is 2.03 bits per heavy atom. The van der Waals surface area contributed by atoms with Crippen molar-refractivity contribution < 1.29 is 34.2 Å². The number of carboxylic acids is 2. The van der Waals surface area contributed by atoms with E-state index in [1.165, 1.54) is 11.8 Å². The summed E-state index contributed by atoms with van der Waals surface area (Å²) in [6.45, 7) is 3.28. The number of nitrogens with one attached hydrogen (secondary N) is 3. The molecular weight excluding hydrogens is 476 g/mol. The summed E-state index contributed by atoms with van der Waals surface area (Å²) in [5, 5.41) is 26.0. The predicted molar refractivity (Wildman–Crippen MR) is 132 cm³/mol. The van der Waals surface area contributed by atoms with Crippen molar-refractivity contribution in [2.75, 3.05) is 12.0 Å². The van der Waals surface area contributed by atoms with Crippen molar-refractivity contribution in [2.24, 2.45) is 11.7 Å². The van der Waals surface area contributed by atoms with Crippen molar-refractivity contribution in [3.05, 3.63) is 35.9 Å². The Hall–Kier alpha value is -3.12. The number of amides is 3. The zero-order valence-corrected chi connectivity index (χ0v) is 20.8. The van der Waals surface area contributed by atoms with Crippen LogP contribution in [0.25, 0.3) is 0 Å². The smallest absolute Gasteiger partial charge is 0.326 e. The maximum Gasteiger partial charge on any atom is 0.326 e. The lowest BCUT2D eigenvalue weighted by molar-refractivity contribution is -0.143. The van der Waals surface area contributed by atoms with E-state index in [9.17, 15) is 34.2 Å². The minimum atomic E-state index is -1.46. The van der Waals surface area contributed by atoms with Crippen LogP contribution in [0.2, 0.25) is 0 Å². The van der Waals surface area contributed by atoms with Gasteiger partial charge in [0.1, 0.15) is 18.1 Å². The minimum absolute atomic E-state index is 0.0340. The van der Waals surface area contributed by atoms with Gasteiger partial charge in [0.15, 0.2) is 0 Å². The zero-order chi connectivity index (χ0) is 26.5. The zero-order valence-electron chi connectivity index (χ0n) is 20.0. The van der Waals surface area contributed by atoms with Gasteiger partial charge in [0.05, 0.1) is 12.5 Å². The molecule has 7 N–H and O–H groups in total. The average molecular weight is 511 g/mol. The van der Waals surface area contributed by atoms with Crippen LogP contribution in [0, 0.1) is 5.92 Å². The standard InChI is InChI=1S/C23H34N4O7S/c1-13(2)19(22(32)26-17(23(33)34)11-14-7-5-4-6-8-14)27-21(31)16(12-18(28)29)25-20(30)15(24)9-10-35-3/h4-8,13,15-17,19H,9-12,24H2,1-3H3,(H,25,30)(H,26,32)(H,27,31)(H,28,29)(H,33,34)/t15-,16-,17-,19-/m0/s1. The van der Waals surface area contributed by atoms with Gasteiger partial charge < -0.3 is 31.9 Å². The molecule has 3 amide bonds. The van der Waals surface area contributed by atoms with Crippen LogP contribution < -0.4 is 21.7 Å². The van der Waals surface area contributed by atoms with Crippen LogP contribution in [0.15, 0.2) is 30.3 Å². The van der Waals surface area contributed by atoms with Crippen LogP contribution in [0.3, 0.4) is 0 Å². The lowest BCUT2D eigenvalue weighted by atomic mass is 10.0. The summed E-state index contributed by atoms with van der Waals surface area (Å²) < 4.78 is 0. The normalized spacial score (nSPS) is 14.3. The minimum Gasteiger partial charge on any atom is -0.481 e. The molecule has 1 aromatic carbocycles. The quantitative estimate of drug-likeness (QED) is 0.188. The summed E-state index contributed by atoms with van der Waals surface area (Å²) in [5.74, 6) is -4.74. The van der Waals surface area contributed by atoms with Crippen molar-refractivity contribution in [2.45, 2.75) is 57.3 Å². The maximum atomic E-state index is 12.9. The highest BCUT2D eigenvalue weighted by molar-refractivity contribution is 7.98. The van der Waals surface area contributed by atoms with Crippen molar-refractivity contribution >= 4 is 41.4 Å². The molecule has 0 aromatic heterocycles. The number of aliphatic carboxylic acids is 2. The van der Waals surface area contributed by atoms with E-state index >= 15 is 0 Å². The second-order valence-electron chi connectivity index (χ2n) is 8.37. The molecular formula is C23H34N4O7S. The highest BCUT2D eigenvalue weighted by atomic mass is 32.2. The number of nitrogens with two attached hydrogens (primary N) is 1. The molecule has 1 rings (SSSR count). The van der Waals surface area contributed by atoms with Crippen LogP contribution >= 0.6 is 11.8 Å². The lowest BCUT2D eigenvalue weighted by Crippen LogP contribution is -2.59. The number of rotatable bonds is 15. The molecule has 0 bridgehead atoms. The summed E-state index contributed by atoms with van der Waals surface area (Å²) in [6, 6.07) is 3.93. The van der Waals surface area contributed by atoms with Crippen molar-refractivity contribution in [1.29, 1.82) is 0 Å². The molecule has 35 heavy (non-hydrogen) atoms. The van der Waals surface area contributed by atoms with Gasteiger partial charge >= 0.3 is 11.9 Å². The number of hydrogen-bond donors (Lipinski definition) is 6. The summed E-state index contributed by atoms with van der Waals surface area (Å²) in [7, 11) is 0. The molecule has 12 heteroatoms. The van der Waals surface area contributed by atoms with Crippen molar-refractivity contribution in [3.63, 3.8) is 0 Å². The predicted octanol–water partition coefficient (Wildman–Crippen LogP) is -0.0208.